The van der Waals surface area contributed by atoms with Gasteiger partial charge >= 0.3 is 8.25 Å². The smallest absolute Gasteiger partial charge is 0.316 e. The Kier molecular flexibility index (Phi) is 4.30. The van der Waals surface area contributed by atoms with Crippen molar-refractivity contribution in [3.05, 3.63) is 0 Å². The highest BCUT2D eigenvalue weighted by Crippen LogP contribution is 2.31. The van der Waals surface area contributed by atoms with E-state index < -0.39 is 8.25 Å². The standard InChI is InChI=1S/C7H17O3P/c1-5-6(7(2,3)4)10-11(8)9/h6,11H,5H2,1-4H3,(H,8,9). The van der Waals surface area contributed by atoms with Gasteiger partial charge in [-0.15, -0.1) is 0 Å². The van der Waals surface area contributed by atoms with Crippen LogP contribution in [-0.4, -0.2) is 11.0 Å². The molecule has 2 unspecified atom stereocenters. The van der Waals surface area contributed by atoms with Gasteiger partial charge in [-0.3, -0.25) is 4.57 Å². The van der Waals surface area contributed by atoms with Crippen molar-refractivity contribution in [1.82, 2.24) is 0 Å². The lowest BCUT2D eigenvalue weighted by Gasteiger charge is -2.28. The Morgan fingerprint density at radius 2 is 2.00 bits per heavy atom. The zero-order chi connectivity index (χ0) is 9.07. The van der Waals surface area contributed by atoms with E-state index in [4.69, 9.17) is 9.42 Å². The molecule has 3 nitrogen and oxygen atoms in total. The van der Waals surface area contributed by atoms with Gasteiger partial charge in [-0.05, 0) is 11.8 Å². The monoisotopic (exact) mass is 180 g/mol. The van der Waals surface area contributed by atoms with Gasteiger partial charge in [0, 0.05) is 0 Å². The molecule has 0 amide bonds. The van der Waals surface area contributed by atoms with Gasteiger partial charge in [0.05, 0.1) is 6.10 Å². The molecule has 0 heterocycles. The molecule has 0 radical (unpaired) electrons. The summed E-state index contributed by atoms with van der Waals surface area (Å²) in [5.74, 6) is 0. The minimum Gasteiger partial charge on any atom is -0.326 e. The molecule has 0 aromatic heterocycles. The highest BCUT2D eigenvalue weighted by Gasteiger charge is 2.24. The Bertz CT molecular complexity index is 139. The van der Waals surface area contributed by atoms with Crippen LogP contribution in [0.25, 0.3) is 0 Å². The summed E-state index contributed by atoms with van der Waals surface area (Å²) in [6, 6.07) is 0. The van der Waals surface area contributed by atoms with Gasteiger partial charge in [0.15, 0.2) is 0 Å². The Morgan fingerprint density at radius 3 is 2.09 bits per heavy atom. The van der Waals surface area contributed by atoms with Gasteiger partial charge in [-0.1, -0.05) is 27.7 Å². The molecule has 0 aromatic rings. The summed E-state index contributed by atoms with van der Waals surface area (Å²) in [6.07, 6.45) is 0.638. The molecule has 0 rings (SSSR count). The number of hydrogen-bond donors (Lipinski definition) is 1. The zero-order valence-corrected chi connectivity index (χ0v) is 8.55. The van der Waals surface area contributed by atoms with Crippen LogP contribution >= 0.6 is 8.25 Å². The maximum atomic E-state index is 10.4. The molecule has 0 spiro atoms. The van der Waals surface area contributed by atoms with E-state index in [2.05, 4.69) is 0 Å². The van der Waals surface area contributed by atoms with Crippen molar-refractivity contribution < 1.29 is 14.0 Å². The van der Waals surface area contributed by atoms with Crippen LogP contribution in [0.15, 0.2) is 0 Å². The topological polar surface area (TPSA) is 46.5 Å². The fourth-order valence-corrected chi connectivity index (χ4v) is 1.76. The number of rotatable bonds is 3. The van der Waals surface area contributed by atoms with Gasteiger partial charge in [0.1, 0.15) is 0 Å². The second kappa shape index (κ2) is 4.24. The normalized spacial score (nSPS) is 17.9. The van der Waals surface area contributed by atoms with Gasteiger partial charge in [-0.2, -0.15) is 0 Å². The van der Waals surface area contributed by atoms with Crippen molar-refractivity contribution >= 4 is 8.25 Å². The Hall–Kier alpha value is 0.150. The molecule has 0 aliphatic carbocycles. The molecule has 2 atom stereocenters. The predicted octanol–water partition coefficient (Wildman–Crippen LogP) is 2.21. The van der Waals surface area contributed by atoms with E-state index in [0.717, 1.165) is 6.42 Å². The molecule has 0 aliphatic rings. The molecule has 0 fully saturated rings. The van der Waals surface area contributed by atoms with Crippen molar-refractivity contribution in [3.63, 3.8) is 0 Å². The Labute approximate surface area is 68.7 Å². The van der Waals surface area contributed by atoms with Crippen molar-refractivity contribution in [3.8, 4) is 0 Å². The van der Waals surface area contributed by atoms with Gasteiger partial charge < -0.3 is 9.42 Å². The van der Waals surface area contributed by atoms with Crippen LogP contribution < -0.4 is 0 Å². The van der Waals surface area contributed by atoms with E-state index >= 15 is 0 Å². The lowest BCUT2D eigenvalue weighted by molar-refractivity contribution is 0.0793. The largest absolute Gasteiger partial charge is 0.326 e. The van der Waals surface area contributed by atoms with Crippen LogP contribution in [0.3, 0.4) is 0 Å². The van der Waals surface area contributed by atoms with Crippen LogP contribution in [0.1, 0.15) is 34.1 Å². The third-order valence-corrected chi connectivity index (χ3v) is 2.07. The molecule has 0 aliphatic heterocycles. The lowest BCUT2D eigenvalue weighted by Crippen LogP contribution is -2.26. The maximum absolute atomic E-state index is 10.4. The molecule has 1 N–H and O–H groups in total. The van der Waals surface area contributed by atoms with Crippen LogP contribution in [-0.2, 0) is 9.09 Å². The summed E-state index contributed by atoms with van der Waals surface area (Å²) in [5, 5.41) is 0. The summed E-state index contributed by atoms with van der Waals surface area (Å²) in [6.45, 7) is 7.92. The summed E-state index contributed by atoms with van der Waals surface area (Å²) < 4.78 is 15.2. The molecule has 0 aromatic carbocycles. The van der Waals surface area contributed by atoms with E-state index in [1.807, 2.05) is 27.7 Å². The highest BCUT2D eigenvalue weighted by atomic mass is 31.1. The molecule has 0 bridgehead atoms. The molecule has 4 heteroatoms. The molecular weight excluding hydrogens is 163 g/mol. The fourth-order valence-electron chi connectivity index (χ4n) is 0.994. The van der Waals surface area contributed by atoms with Crippen molar-refractivity contribution in [2.24, 2.45) is 5.41 Å². The van der Waals surface area contributed by atoms with Crippen LogP contribution in [0.4, 0.5) is 0 Å². The first-order chi connectivity index (χ1) is 4.88. The van der Waals surface area contributed by atoms with Crippen LogP contribution in [0.5, 0.6) is 0 Å². The second-order valence-electron chi connectivity index (χ2n) is 3.65. The SMILES string of the molecule is CCC(O[PH](=O)O)C(C)(C)C. The lowest BCUT2D eigenvalue weighted by atomic mass is 9.88. The fraction of sp³-hybridized carbons (Fsp3) is 1.00. The van der Waals surface area contributed by atoms with E-state index in [9.17, 15) is 4.57 Å². The van der Waals surface area contributed by atoms with E-state index in [1.165, 1.54) is 0 Å². The first-order valence-corrected chi connectivity index (χ1v) is 5.04. The molecule has 11 heavy (non-hydrogen) atoms. The first kappa shape index (κ1) is 11.2. The Balaban J connectivity index is 4.07. The van der Waals surface area contributed by atoms with E-state index in [0.29, 0.717) is 0 Å². The highest BCUT2D eigenvalue weighted by molar-refractivity contribution is 7.32. The first-order valence-electron chi connectivity index (χ1n) is 3.77. The van der Waals surface area contributed by atoms with Gasteiger partial charge in [0.2, 0.25) is 0 Å². The minimum absolute atomic E-state index is 0.0577. The summed E-state index contributed by atoms with van der Waals surface area (Å²) in [4.78, 5) is 8.54. The predicted molar refractivity (Wildman–Crippen MR) is 45.8 cm³/mol. The van der Waals surface area contributed by atoms with Crippen molar-refractivity contribution in [1.29, 1.82) is 0 Å². The Morgan fingerprint density at radius 1 is 1.55 bits per heavy atom. The van der Waals surface area contributed by atoms with Gasteiger partial charge in [-0.25, -0.2) is 0 Å². The average Bonchev–Trinajstić information content (AvgIpc) is 1.79. The van der Waals surface area contributed by atoms with Crippen molar-refractivity contribution in [2.45, 2.75) is 40.2 Å². The third kappa shape index (κ3) is 4.57. The zero-order valence-electron chi connectivity index (χ0n) is 7.55. The van der Waals surface area contributed by atoms with E-state index in [1.54, 1.807) is 0 Å². The van der Waals surface area contributed by atoms with Crippen molar-refractivity contribution in [2.75, 3.05) is 0 Å². The summed E-state index contributed by atoms with van der Waals surface area (Å²) >= 11 is 0. The average molecular weight is 180 g/mol. The molecule has 68 valence electrons. The summed E-state index contributed by atoms with van der Waals surface area (Å²) in [5.41, 5.74) is -0.0577. The van der Waals surface area contributed by atoms with E-state index in [-0.39, 0.29) is 11.5 Å². The molecule has 0 saturated carbocycles. The summed E-state index contributed by atoms with van der Waals surface area (Å²) in [7, 11) is -2.78. The second-order valence-corrected chi connectivity index (χ2v) is 4.41. The van der Waals surface area contributed by atoms with Crippen LogP contribution in [0.2, 0.25) is 0 Å². The molecule has 0 saturated heterocycles. The minimum atomic E-state index is -2.78. The van der Waals surface area contributed by atoms with Gasteiger partial charge in [0.25, 0.3) is 0 Å². The quantitative estimate of drug-likeness (QED) is 0.677. The van der Waals surface area contributed by atoms with Crippen LogP contribution in [0, 0.1) is 5.41 Å². The molecular formula is C7H17O3P. The third-order valence-electron chi connectivity index (χ3n) is 1.58. The maximum Gasteiger partial charge on any atom is 0.316 e. The number of hydrogen-bond acceptors (Lipinski definition) is 2.